The van der Waals surface area contributed by atoms with E-state index in [0.717, 1.165) is 11.4 Å². The van der Waals surface area contributed by atoms with Crippen molar-refractivity contribution in [2.75, 3.05) is 13.2 Å². The van der Waals surface area contributed by atoms with Crippen LogP contribution in [-0.4, -0.2) is 30.2 Å². The Bertz CT molecular complexity index is 310. The van der Waals surface area contributed by atoms with Crippen LogP contribution in [0, 0.1) is 0 Å². The van der Waals surface area contributed by atoms with Gasteiger partial charge in [0.05, 0.1) is 13.0 Å². The van der Waals surface area contributed by atoms with E-state index in [1.165, 1.54) is 0 Å². The van der Waals surface area contributed by atoms with Gasteiger partial charge in [0.1, 0.15) is 6.23 Å². The van der Waals surface area contributed by atoms with E-state index in [-0.39, 0.29) is 12.1 Å². The van der Waals surface area contributed by atoms with Crippen LogP contribution in [0.5, 0.6) is 0 Å². The van der Waals surface area contributed by atoms with Gasteiger partial charge in [-0.1, -0.05) is 6.07 Å². The van der Waals surface area contributed by atoms with Gasteiger partial charge in [0.2, 0.25) is 5.91 Å². The van der Waals surface area contributed by atoms with Crippen LogP contribution < -0.4 is 0 Å². The fourth-order valence-electron chi connectivity index (χ4n) is 1.58. The SMILES string of the molecule is CC1OCCN1C(=O)Cc1cccs1. The zero-order valence-electron chi connectivity index (χ0n) is 8.10. The predicted molar refractivity (Wildman–Crippen MR) is 55.2 cm³/mol. The minimum Gasteiger partial charge on any atom is -0.357 e. The molecule has 1 aliphatic heterocycles. The van der Waals surface area contributed by atoms with E-state index in [9.17, 15) is 4.79 Å². The first-order chi connectivity index (χ1) is 6.77. The highest BCUT2D eigenvalue weighted by molar-refractivity contribution is 7.10. The highest BCUT2D eigenvalue weighted by atomic mass is 32.1. The van der Waals surface area contributed by atoms with Crippen molar-refractivity contribution in [3.8, 4) is 0 Å². The molecule has 4 heteroatoms. The summed E-state index contributed by atoms with van der Waals surface area (Å²) in [5, 5.41) is 1.99. The largest absolute Gasteiger partial charge is 0.357 e. The molecule has 1 atom stereocenters. The highest BCUT2D eigenvalue weighted by Gasteiger charge is 2.25. The summed E-state index contributed by atoms with van der Waals surface area (Å²) in [6, 6.07) is 3.96. The maximum Gasteiger partial charge on any atom is 0.229 e. The minimum atomic E-state index is -0.0533. The van der Waals surface area contributed by atoms with Crippen molar-refractivity contribution in [1.29, 1.82) is 0 Å². The maximum atomic E-state index is 11.8. The molecule has 1 aromatic heterocycles. The van der Waals surface area contributed by atoms with Crippen molar-refractivity contribution in [3.05, 3.63) is 22.4 Å². The number of hydrogen-bond donors (Lipinski definition) is 0. The third-order valence-electron chi connectivity index (χ3n) is 2.36. The van der Waals surface area contributed by atoms with Crippen LogP contribution in [0.4, 0.5) is 0 Å². The van der Waals surface area contributed by atoms with Crippen LogP contribution in [0.15, 0.2) is 17.5 Å². The number of amides is 1. The lowest BCUT2D eigenvalue weighted by Gasteiger charge is -2.19. The van der Waals surface area contributed by atoms with Crippen LogP contribution >= 0.6 is 11.3 Å². The van der Waals surface area contributed by atoms with E-state index >= 15 is 0 Å². The van der Waals surface area contributed by atoms with E-state index in [1.54, 1.807) is 16.2 Å². The highest BCUT2D eigenvalue weighted by Crippen LogP contribution is 2.14. The van der Waals surface area contributed by atoms with Crippen molar-refractivity contribution in [3.63, 3.8) is 0 Å². The van der Waals surface area contributed by atoms with E-state index in [4.69, 9.17) is 4.74 Å². The average molecular weight is 211 g/mol. The molecule has 2 heterocycles. The standard InChI is InChI=1S/C10H13NO2S/c1-8-11(4-5-13-8)10(12)7-9-3-2-6-14-9/h2-3,6,8H,4-5,7H2,1H3. The second-order valence-corrected chi connectivity index (χ2v) is 4.35. The Morgan fingerprint density at radius 3 is 3.21 bits per heavy atom. The quantitative estimate of drug-likeness (QED) is 0.742. The molecule has 76 valence electrons. The molecule has 0 spiro atoms. The van der Waals surface area contributed by atoms with Crippen molar-refractivity contribution >= 4 is 17.2 Å². The Labute approximate surface area is 87.3 Å². The summed E-state index contributed by atoms with van der Waals surface area (Å²) in [5.41, 5.74) is 0. The van der Waals surface area contributed by atoms with Gasteiger partial charge >= 0.3 is 0 Å². The van der Waals surface area contributed by atoms with Crippen molar-refractivity contribution in [1.82, 2.24) is 4.90 Å². The monoisotopic (exact) mass is 211 g/mol. The number of carbonyl (C=O) groups is 1. The maximum absolute atomic E-state index is 11.8. The Balaban J connectivity index is 1.95. The molecule has 0 aromatic carbocycles. The first-order valence-electron chi connectivity index (χ1n) is 4.71. The lowest BCUT2D eigenvalue weighted by atomic mass is 10.3. The van der Waals surface area contributed by atoms with Gasteiger partial charge in [-0.25, -0.2) is 0 Å². The molecule has 0 N–H and O–H groups in total. The fraction of sp³-hybridized carbons (Fsp3) is 0.500. The Morgan fingerprint density at radius 2 is 2.64 bits per heavy atom. The summed E-state index contributed by atoms with van der Waals surface area (Å²) in [4.78, 5) is 14.7. The molecular formula is C10H13NO2S. The second kappa shape index (κ2) is 4.11. The molecular weight excluding hydrogens is 198 g/mol. The van der Waals surface area contributed by atoms with Gasteiger partial charge in [-0.05, 0) is 18.4 Å². The Morgan fingerprint density at radius 1 is 1.79 bits per heavy atom. The third-order valence-corrected chi connectivity index (χ3v) is 3.23. The number of ether oxygens (including phenoxy) is 1. The van der Waals surface area contributed by atoms with E-state index < -0.39 is 0 Å². The number of hydrogen-bond acceptors (Lipinski definition) is 3. The molecule has 14 heavy (non-hydrogen) atoms. The number of nitrogens with zero attached hydrogens (tertiary/aromatic N) is 1. The molecule has 1 aliphatic rings. The first kappa shape index (κ1) is 9.68. The molecule has 1 saturated heterocycles. The van der Waals surface area contributed by atoms with E-state index in [0.29, 0.717) is 13.0 Å². The lowest BCUT2D eigenvalue weighted by Crippen LogP contribution is -2.35. The van der Waals surface area contributed by atoms with Crippen LogP contribution in [-0.2, 0) is 16.0 Å². The minimum absolute atomic E-state index is 0.0533. The smallest absolute Gasteiger partial charge is 0.229 e. The zero-order valence-corrected chi connectivity index (χ0v) is 8.92. The second-order valence-electron chi connectivity index (χ2n) is 3.31. The van der Waals surface area contributed by atoms with Crippen LogP contribution in [0.25, 0.3) is 0 Å². The molecule has 2 rings (SSSR count). The van der Waals surface area contributed by atoms with Gasteiger partial charge < -0.3 is 9.64 Å². The van der Waals surface area contributed by atoms with Gasteiger partial charge in [-0.2, -0.15) is 0 Å². The molecule has 1 aromatic rings. The van der Waals surface area contributed by atoms with Gasteiger partial charge in [0.15, 0.2) is 0 Å². The lowest BCUT2D eigenvalue weighted by molar-refractivity contribution is -0.134. The van der Waals surface area contributed by atoms with Gasteiger partial charge in [-0.3, -0.25) is 4.79 Å². The summed E-state index contributed by atoms with van der Waals surface area (Å²) in [6.07, 6.45) is 0.452. The van der Waals surface area contributed by atoms with Gasteiger partial charge in [0.25, 0.3) is 0 Å². The molecule has 3 nitrogen and oxygen atoms in total. The Hall–Kier alpha value is -0.870. The van der Waals surface area contributed by atoms with Crippen LogP contribution in [0.2, 0.25) is 0 Å². The topological polar surface area (TPSA) is 29.5 Å². The van der Waals surface area contributed by atoms with E-state index in [2.05, 4.69) is 0 Å². The summed E-state index contributed by atoms with van der Waals surface area (Å²) < 4.78 is 5.31. The Kier molecular flexibility index (Phi) is 2.84. The average Bonchev–Trinajstić information content (AvgIpc) is 2.75. The molecule has 1 fully saturated rings. The summed E-state index contributed by atoms with van der Waals surface area (Å²) in [7, 11) is 0. The fourth-order valence-corrected chi connectivity index (χ4v) is 2.28. The molecule has 1 amide bonds. The number of rotatable bonds is 2. The van der Waals surface area contributed by atoms with Gasteiger partial charge in [0, 0.05) is 11.4 Å². The first-order valence-corrected chi connectivity index (χ1v) is 5.59. The summed E-state index contributed by atoms with van der Waals surface area (Å²) in [6.45, 7) is 3.31. The van der Waals surface area contributed by atoms with Crippen LogP contribution in [0.3, 0.4) is 0 Å². The van der Waals surface area contributed by atoms with Crippen molar-refractivity contribution in [2.24, 2.45) is 0 Å². The number of carbonyl (C=O) groups excluding carboxylic acids is 1. The van der Waals surface area contributed by atoms with Crippen molar-refractivity contribution in [2.45, 2.75) is 19.6 Å². The zero-order chi connectivity index (χ0) is 9.97. The summed E-state index contributed by atoms with van der Waals surface area (Å²) in [5.74, 6) is 0.164. The van der Waals surface area contributed by atoms with Crippen molar-refractivity contribution < 1.29 is 9.53 Å². The van der Waals surface area contributed by atoms with Gasteiger partial charge in [-0.15, -0.1) is 11.3 Å². The predicted octanol–water partition coefficient (Wildman–Crippen LogP) is 1.50. The third kappa shape index (κ3) is 1.96. The molecule has 0 saturated carbocycles. The van der Waals surface area contributed by atoms with E-state index in [1.807, 2.05) is 24.4 Å². The van der Waals surface area contributed by atoms with Crippen LogP contribution in [0.1, 0.15) is 11.8 Å². The normalized spacial score (nSPS) is 21.5. The molecule has 0 radical (unpaired) electrons. The molecule has 1 unspecified atom stereocenters. The number of thiophene rings is 1. The molecule has 0 bridgehead atoms. The summed E-state index contributed by atoms with van der Waals surface area (Å²) >= 11 is 1.62. The molecule has 0 aliphatic carbocycles.